The van der Waals surface area contributed by atoms with Gasteiger partial charge < -0.3 is 15.0 Å². The van der Waals surface area contributed by atoms with Crippen LogP contribution < -0.4 is 10.1 Å². The minimum Gasteiger partial charge on any atom is -0.483 e. The Bertz CT molecular complexity index is 1190. The van der Waals surface area contributed by atoms with Crippen LogP contribution in [0.5, 0.6) is 5.75 Å². The molecule has 0 spiro atoms. The summed E-state index contributed by atoms with van der Waals surface area (Å²) in [7, 11) is 1.60. The van der Waals surface area contributed by atoms with Crippen LogP contribution in [0.4, 0.5) is 0 Å². The predicted molar refractivity (Wildman–Crippen MR) is 148 cm³/mol. The number of rotatable bonds is 9. The van der Waals surface area contributed by atoms with Crippen molar-refractivity contribution in [2.24, 2.45) is 0 Å². The second-order valence-electron chi connectivity index (χ2n) is 10.0. The SMILES string of the molecule is CNC(=O)C(Cc1ccccc1)N(Cc1cccc(C)c1)C(=O)COc1ccc(C(C)(C)C)cc1Br. The number of halogens is 1. The van der Waals surface area contributed by atoms with Crippen LogP contribution in [-0.2, 0) is 28.0 Å². The Morgan fingerprint density at radius 3 is 2.28 bits per heavy atom. The number of hydrogen-bond acceptors (Lipinski definition) is 3. The molecule has 0 fully saturated rings. The Labute approximate surface area is 223 Å². The number of nitrogens with zero attached hydrogens (tertiary/aromatic N) is 1. The van der Waals surface area contributed by atoms with Gasteiger partial charge in [0.15, 0.2) is 6.61 Å². The molecule has 0 aromatic heterocycles. The lowest BCUT2D eigenvalue weighted by Gasteiger charge is -2.31. The molecule has 0 radical (unpaired) electrons. The number of benzene rings is 3. The molecule has 1 unspecified atom stereocenters. The van der Waals surface area contributed by atoms with E-state index in [1.165, 1.54) is 0 Å². The maximum absolute atomic E-state index is 13.6. The fraction of sp³-hybridized carbons (Fsp3) is 0.333. The molecule has 0 aliphatic rings. The number of hydrogen-bond donors (Lipinski definition) is 1. The summed E-state index contributed by atoms with van der Waals surface area (Å²) in [5.74, 6) is 0.120. The average molecular weight is 552 g/mol. The molecule has 6 heteroatoms. The Balaban J connectivity index is 1.87. The fourth-order valence-corrected chi connectivity index (χ4v) is 4.53. The molecule has 0 aliphatic heterocycles. The van der Waals surface area contributed by atoms with Crippen molar-refractivity contribution in [1.82, 2.24) is 10.2 Å². The maximum atomic E-state index is 13.6. The van der Waals surface area contributed by atoms with Crippen molar-refractivity contribution in [2.45, 2.75) is 52.1 Å². The molecular formula is C30H35BrN2O3. The Morgan fingerprint density at radius 1 is 0.972 bits per heavy atom. The van der Waals surface area contributed by atoms with Gasteiger partial charge in [-0.2, -0.15) is 0 Å². The topological polar surface area (TPSA) is 58.6 Å². The first-order valence-electron chi connectivity index (χ1n) is 12.1. The van der Waals surface area contributed by atoms with Gasteiger partial charge in [0.25, 0.3) is 5.91 Å². The third kappa shape index (κ3) is 7.44. The van der Waals surface area contributed by atoms with Gasteiger partial charge in [-0.25, -0.2) is 0 Å². The summed E-state index contributed by atoms with van der Waals surface area (Å²) in [5.41, 5.74) is 4.20. The van der Waals surface area contributed by atoms with Crippen LogP contribution in [0.25, 0.3) is 0 Å². The molecule has 5 nitrogen and oxygen atoms in total. The highest BCUT2D eigenvalue weighted by Crippen LogP contribution is 2.31. The lowest BCUT2D eigenvalue weighted by Crippen LogP contribution is -2.51. The summed E-state index contributed by atoms with van der Waals surface area (Å²) >= 11 is 3.58. The Morgan fingerprint density at radius 2 is 1.67 bits per heavy atom. The number of amides is 2. The summed E-state index contributed by atoms with van der Waals surface area (Å²) in [6, 6.07) is 23.0. The van der Waals surface area contributed by atoms with Crippen molar-refractivity contribution < 1.29 is 14.3 Å². The van der Waals surface area contributed by atoms with Crippen LogP contribution in [0.2, 0.25) is 0 Å². The molecule has 0 heterocycles. The van der Waals surface area contributed by atoms with Gasteiger partial charge in [-0.15, -0.1) is 0 Å². The quantitative estimate of drug-likeness (QED) is 0.365. The summed E-state index contributed by atoms with van der Waals surface area (Å²) < 4.78 is 6.74. The number of aryl methyl sites for hydroxylation is 1. The fourth-order valence-electron chi connectivity index (χ4n) is 4.03. The zero-order valence-electron chi connectivity index (χ0n) is 21.7. The second kappa shape index (κ2) is 12.2. The first-order chi connectivity index (χ1) is 17.1. The van der Waals surface area contributed by atoms with Crippen LogP contribution in [-0.4, -0.2) is 36.4 Å². The van der Waals surface area contributed by atoms with Gasteiger partial charge in [-0.3, -0.25) is 9.59 Å². The molecule has 0 saturated carbocycles. The summed E-state index contributed by atoms with van der Waals surface area (Å²) in [6.45, 7) is 8.58. The molecule has 2 amide bonds. The summed E-state index contributed by atoms with van der Waals surface area (Å²) in [6.07, 6.45) is 0.405. The molecule has 1 atom stereocenters. The molecule has 0 aliphatic carbocycles. The van der Waals surface area contributed by atoms with Crippen LogP contribution in [0.1, 0.15) is 43.0 Å². The van der Waals surface area contributed by atoms with E-state index in [0.29, 0.717) is 18.7 Å². The van der Waals surface area contributed by atoms with E-state index in [4.69, 9.17) is 4.74 Å². The van der Waals surface area contributed by atoms with Crippen molar-refractivity contribution in [3.8, 4) is 5.75 Å². The Kier molecular flexibility index (Phi) is 9.32. The van der Waals surface area contributed by atoms with Crippen LogP contribution in [0.15, 0.2) is 77.3 Å². The summed E-state index contributed by atoms with van der Waals surface area (Å²) in [4.78, 5) is 28.2. The lowest BCUT2D eigenvalue weighted by molar-refractivity contribution is -0.142. The van der Waals surface area contributed by atoms with Crippen molar-refractivity contribution >= 4 is 27.7 Å². The largest absolute Gasteiger partial charge is 0.483 e. The Hall–Kier alpha value is -3.12. The van der Waals surface area contributed by atoms with Gasteiger partial charge >= 0.3 is 0 Å². The molecule has 3 aromatic rings. The first-order valence-corrected chi connectivity index (χ1v) is 12.9. The van der Waals surface area contributed by atoms with Gasteiger partial charge in [0.1, 0.15) is 11.8 Å². The van der Waals surface area contributed by atoms with Gasteiger partial charge in [-0.05, 0) is 57.1 Å². The van der Waals surface area contributed by atoms with Crippen LogP contribution in [0.3, 0.4) is 0 Å². The zero-order chi connectivity index (χ0) is 26.3. The van der Waals surface area contributed by atoms with Gasteiger partial charge in [0.05, 0.1) is 4.47 Å². The van der Waals surface area contributed by atoms with Crippen molar-refractivity contribution in [2.75, 3.05) is 13.7 Å². The molecular weight excluding hydrogens is 516 g/mol. The maximum Gasteiger partial charge on any atom is 0.261 e. The minimum atomic E-state index is -0.680. The molecule has 1 N–H and O–H groups in total. The van der Waals surface area contributed by atoms with Gasteiger partial charge in [0.2, 0.25) is 5.91 Å². The van der Waals surface area contributed by atoms with E-state index in [1.54, 1.807) is 11.9 Å². The number of carbonyl (C=O) groups is 2. The number of likely N-dealkylation sites (N-methyl/N-ethyl adjacent to an activating group) is 1. The smallest absolute Gasteiger partial charge is 0.261 e. The zero-order valence-corrected chi connectivity index (χ0v) is 23.3. The molecule has 36 heavy (non-hydrogen) atoms. The van der Waals surface area contributed by atoms with Crippen LogP contribution in [0, 0.1) is 6.92 Å². The van der Waals surface area contributed by atoms with Crippen molar-refractivity contribution in [3.63, 3.8) is 0 Å². The third-order valence-corrected chi connectivity index (χ3v) is 6.72. The standard InChI is InChI=1S/C30H35BrN2O3/c1-21-10-9-13-23(16-21)19-33(26(29(35)32-5)17-22-11-7-6-8-12-22)28(34)20-36-27-15-14-24(18-25(27)31)30(2,3)4/h6-16,18,26H,17,19-20H2,1-5H3,(H,32,35). The second-order valence-corrected chi connectivity index (χ2v) is 10.9. The molecule has 0 saturated heterocycles. The molecule has 0 bridgehead atoms. The van der Waals surface area contributed by atoms with Gasteiger partial charge in [-0.1, -0.05) is 87.0 Å². The highest BCUT2D eigenvalue weighted by atomic mass is 79.9. The van der Waals surface area contributed by atoms with Crippen molar-refractivity contribution in [1.29, 1.82) is 0 Å². The number of carbonyl (C=O) groups excluding carboxylic acids is 2. The number of nitrogens with one attached hydrogen (secondary N) is 1. The third-order valence-electron chi connectivity index (χ3n) is 6.10. The minimum absolute atomic E-state index is 0.000340. The molecule has 3 rings (SSSR count). The average Bonchev–Trinajstić information content (AvgIpc) is 2.84. The monoisotopic (exact) mass is 550 g/mol. The summed E-state index contributed by atoms with van der Waals surface area (Å²) in [5, 5.41) is 2.74. The normalized spacial score (nSPS) is 12.1. The van der Waals surface area contributed by atoms with E-state index in [0.717, 1.165) is 26.7 Å². The van der Waals surface area contributed by atoms with E-state index >= 15 is 0 Å². The van der Waals surface area contributed by atoms with Crippen LogP contribution >= 0.6 is 15.9 Å². The molecule has 3 aromatic carbocycles. The molecule has 190 valence electrons. The van der Waals surface area contributed by atoms with E-state index < -0.39 is 6.04 Å². The highest BCUT2D eigenvalue weighted by Gasteiger charge is 2.30. The van der Waals surface area contributed by atoms with E-state index in [1.807, 2.05) is 79.7 Å². The van der Waals surface area contributed by atoms with E-state index in [9.17, 15) is 9.59 Å². The number of ether oxygens (including phenoxy) is 1. The first kappa shape index (κ1) is 27.5. The van der Waals surface area contributed by atoms with E-state index in [2.05, 4.69) is 42.0 Å². The van der Waals surface area contributed by atoms with Crippen molar-refractivity contribution in [3.05, 3.63) is 99.5 Å². The highest BCUT2D eigenvalue weighted by molar-refractivity contribution is 9.10. The predicted octanol–water partition coefficient (Wildman–Crippen LogP) is 5.82. The lowest BCUT2D eigenvalue weighted by atomic mass is 9.87. The van der Waals surface area contributed by atoms with E-state index in [-0.39, 0.29) is 23.8 Å². The van der Waals surface area contributed by atoms with Gasteiger partial charge in [0, 0.05) is 20.0 Å².